The van der Waals surface area contributed by atoms with Crippen molar-refractivity contribution in [1.82, 2.24) is 5.32 Å². The minimum atomic E-state index is -0.291. The lowest BCUT2D eigenvalue weighted by molar-refractivity contribution is 0.0950. The van der Waals surface area contributed by atoms with Crippen LogP contribution < -0.4 is 24.3 Å². The first-order valence-electron chi connectivity index (χ1n) is 9.06. The lowest BCUT2D eigenvalue weighted by Gasteiger charge is -2.10. The Morgan fingerprint density at radius 3 is 2.28 bits per heavy atom. The van der Waals surface area contributed by atoms with Gasteiger partial charge in [-0.2, -0.15) is 0 Å². The van der Waals surface area contributed by atoms with Gasteiger partial charge in [0.25, 0.3) is 5.91 Å². The Morgan fingerprint density at radius 2 is 1.48 bits per heavy atom. The minimum Gasteiger partial charge on any atom is -0.508 e. The first-order valence-corrected chi connectivity index (χ1v) is 9.06. The number of fused-ring (bicyclic) bond motifs is 2. The van der Waals surface area contributed by atoms with Crippen molar-refractivity contribution in [2.45, 2.75) is 6.54 Å². The van der Waals surface area contributed by atoms with Crippen molar-refractivity contribution < 1.29 is 28.8 Å². The van der Waals surface area contributed by atoms with Gasteiger partial charge >= 0.3 is 0 Å². The third-order valence-electron chi connectivity index (χ3n) is 4.78. The number of aromatic hydroxyl groups is 1. The van der Waals surface area contributed by atoms with Gasteiger partial charge in [-0.15, -0.1) is 0 Å². The maximum absolute atomic E-state index is 12.7. The summed E-state index contributed by atoms with van der Waals surface area (Å²) in [5.74, 6) is 2.39. The fourth-order valence-electron chi connectivity index (χ4n) is 3.32. The van der Waals surface area contributed by atoms with E-state index in [1.807, 2.05) is 30.3 Å². The van der Waals surface area contributed by atoms with Gasteiger partial charge in [-0.3, -0.25) is 4.79 Å². The molecule has 3 aromatic rings. The van der Waals surface area contributed by atoms with E-state index in [-0.39, 0.29) is 25.2 Å². The van der Waals surface area contributed by atoms with Crippen LogP contribution >= 0.6 is 0 Å². The van der Waals surface area contributed by atoms with Gasteiger partial charge in [0.2, 0.25) is 13.6 Å². The Hall–Kier alpha value is -3.87. The Bertz CT molecular complexity index is 1110. The fourth-order valence-corrected chi connectivity index (χ4v) is 3.32. The van der Waals surface area contributed by atoms with Crippen LogP contribution in [0.25, 0.3) is 11.1 Å². The lowest BCUT2D eigenvalue weighted by atomic mass is 10.0. The van der Waals surface area contributed by atoms with Crippen LogP contribution in [0.3, 0.4) is 0 Å². The predicted molar refractivity (Wildman–Crippen MR) is 103 cm³/mol. The fraction of sp³-hybridized carbons (Fsp3) is 0.136. The summed E-state index contributed by atoms with van der Waals surface area (Å²) in [5.41, 5.74) is 2.77. The highest BCUT2D eigenvalue weighted by Crippen LogP contribution is 2.37. The molecule has 0 aliphatic carbocycles. The molecule has 146 valence electrons. The molecular weight excluding hydrogens is 374 g/mol. The molecule has 1 amide bonds. The average molecular weight is 391 g/mol. The summed E-state index contributed by atoms with van der Waals surface area (Å²) in [4.78, 5) is 12.7. The van der Waals surface area contributed by atoms with Crippen LogP contribution in [-0.4, -0.2) is 24.6 Å². The van der Waals surface area contributed by atoms with Gasteiger partial charge < -0.3 is 29.4 Å². The number of carbonyl (C=O) groups is 1. The Kier molecular flexibility index (Phi) is 4.13. The largest absolute Gasteiger partial charge is 0.508 e. The number of nitrogens with one attached hydrogen (secondary N) is 1. The van der Waals surface area contributed by atoms with Crippen LogP contribution in [0.15, 0.2) is 54.6 Å². The van der Waals surface area contributed by atoms with E-state index in [0.29, 0.717) is 40.7 Å². The van der Waals surface area contributed by atoms with Crippen LogP contribution in [0.1, 0.15) is 15.9 Å². The number of hydrogen-bond donors (Lipinski definition) is 2. The molecule has 29 heavy (non-hydrogen) atoms. The number of benzene rings is 3. The standard InChI is InChI=1S/C22H17NO6/c24-17-7-15(14-2-4-19-21(9-14)29-12-27-19)6-16(8-17)22(25)23-10-13-1-3-18-20(5-13)28-11-26-18/h1-9,24H,10-12H2,(H,23,25). The summed E-state index contributed by atoms with van der Waals surface area (Å²) < 4.78 is 21.4. The van der Waals surface area contributed by atoms with Crippen molar-refractivity contribution in [2.75, 3.05) is 13.6 Å². The smallest absolute Gasteiger partial charge is 0.251 e. The molecule has 5 rings (SSSR count). The number of carbonyl (C=O) groups excluding carboxylic acids is 1. The van der Waals surface area contributed by atoms with Crippen molar-refractivity contribution in [3.63, 3.8) is 0 Å². The molecule has 2 heterocycles. The summed E-state index contributed by atoms with van der Waals surface area (Å²) in [6.45, 7) is 0.716. The van der Waals surface area contributed by atoms with E-state index < -0.39 is 0 Å². The van der Waals surface area contributed by atoms with Crippen LogP contribution in [0.5, 0.6) is 28.7 Å². The minimum absolute atomic E-state index is 0.00777. The second kappa shape index (κ2) is 6.94. The van der Waals surface area contributed by atoms with E-state index in [1.54, 1.807) is 18.2 Å². The zero-order chi connectivity index (χ0) is 19.8. The molecule has 7 nitrogen and oxygen atoms in total. The van der Waals surface area contributed by atoms with Crippen LogP contribution in [0.4, 0.5) is 0 Å². The summed E-state index contributed by atoms with van der Waals surface area (Å²) in [5, 5.41) is 13.0. The normalized spacial score (nSPS) is 13.4. The van der Waals surface area contributed by atoms with Crippen LogP contribution in [0, 0.1) is 0 Å². The van der Waals surface area contributed by atoms with E-state index in [1.165, 1.54) is 6.07 Å². The molecule has 0 radical (unpaired) electrons. The molecule has 0 atom stereocenters. The summed E-state index contributed by atoms with van der Waals surface area (Å²) in [7, 11) is 0. The van der Waals surface area contributed by atoms with Crippen molar-refractivity contribution >= 4 is 5.91 Å². The molecule has 2 aliphatic rings. The van der Waals surface area contributed by atoms with Crippen molar-refractivity contribution in [1.29, 1.82) is 0 Å². The highest BCUT2D eigenvalue weighted by molar-refractivity contribution is 5.96. The summed E-state index contributed by atoms with van der Waals surface area (Å²) in [6.07, 6.45) is 0. The maximum atomic E-state index is 12.7. The maximum Gasteiger partial charge on any atom is 0.251 e. The highest BCUT2D eigenvalue weighted by atomic mass is 16.7. The summed E-state index contributed by atoms with van der Waals surface area (Å²) in [6, 6.07) is 15.8. The van der Waals surface area contributed by atoms with Gasteiger partial charge in [0.15, 0.2) is 23.0 Å². The van der Waals surface area contributed by atoms with Crippen molar-refractivity contribution in [2.24, 2.45) is 0 Å². The molecule has 0 fully saturated rings. The highest BCUT2D eigenvalue weighted by Gasteiger charge is 2.16. The summed E-state index contributed by atoms with van der Waals surface area (Å²) >= 11 is 0. The molecule has 2 N–H and O–H groups in total. The van der Waals surface area contributed by atoms with Crippen LogP contribution in [0.2, 0.25) is 0 Å². The van der Waals surface area contributed by atoms with E-state index in [4.69, 9.17) is 18.9 Å². The predicted octanol–water partition coefficient (Wildman–Crippen LogP) is 3.45. The number of ether oxygens (including phenoxy) is 4. The molecule has 0 unspecified atom stereocenters. The first kappa shape index (κ1) is 17.2. The third kappa shape index (κ3) is 3.38. The lowest BCUT2D eigenvalue weighted by Crippen LogP contribution is -2.22. The Morgan fingerprint density at radius 1 is 0.793 bits per heavy atom. The molecule has 7 heteroatoms. The molecule has 0 saturated carbocycles. The number of rotatable bonds is 4. The van der Waals surface area contributed by atoms with Gasteiger partial charge in [-0.1, -0.05) is 12.1 Å². The van der Waals surface area contributed by atoms with E-state index in [9.17, 15) is 9.90 Å². The Labute approximate surface area is 166 Å². The zero-order valence-electron chi connectivity index (χ0n) is 15.3. The molecule has 0 aromatic heterocycles. The first-order chi connectivity index (χ1) is 14.2. The second-order valence-corrected chi connectivity index (χ2v) is 6.71. The van der Waals surface area contributed by atoms with Gasteiger partial charge in [-0.05, 0) is 59.2 Å². The monoisotopic (exact) mass is 391 g/mol. The molecule has 0 saturated heterocycles. The molecular formula is C22H17NO6. The van der Waals surface area contributed by atoms with E-state index in [2.05, 4.69) is 5.32 Å². The van der Waals surface area contributed by atoms with Crippen molar-refractivity contribution in [3.05, 3.63) is 65.7 Å². The second-order valence-electron chi connectivity index (χ2n) is 6.71. The number of amides is 1. The molecule has 0 bridgehead atoms. The van der Waals surface area contributed by atoms with Gasteiger partial charge in [0.1, 0.15) is 5.75 Å². The van der Waals surface area contributed by atoms with Gasteiger partial charge in [0.05, 0.1) is 0 Å². The van der Waals surface area contributed by atoms with Crippen LogP contribution in [-0.2, 0) is 6.54 Å². The molecule has 3 aromatic carbocycles. The van der Waals surface area contributed by atoms with Gasteiger partial charge in [0, 0.05) is 12.1 Å². The quantitative estimate of drug-likeness (QED) is 0.709. The SMILES string of the molecule is O=C(NCc1ccc2c(c1)OCO2)c1cc(O)cc(-c2ccc3c(c2)OCO3)c1. The Balaban J connectivity index is 1.34. The van der Waals surface area contributed by atoms with Crippen molar-refractivity contribution in [3.8, 4) is 39.9 Å². The number of phenols is 1. The number of phenolic OH excluding ortho intramolecular Hbond substituents is 1. The molecule has 2 aliphatic heterocycles. The van der Waals surface area contributed by atoms with E-state index >= 15 is 0 Å². The topological polar surface area (TPSA) is 86.3 Å². The number of hydrogen-bond acceptors (Lipinski definition) is 6. The van der Waals surface area contributed by atoms with E-state index in [0.717, 1.165) is 11.1 Å². The van der Waals surface area contributed by atoms with Gasteiger partial charge in [-0.25, -0.2) is 0 Å². The molecule has 0 spiro atoms. The third-order valence-corrected chi connectivity index (χ3v) is 4.78. The average Bonchev–Trinajstić information content (AvgIpc) is 3.39. The zero-order valence-corrected chi connectivity index (χ0v) is 15.3.